The van der Waals surface area contributed by atoms with Gasteiger partial charge < -0.3 is 15.1 Å². The van der Waals surface area contributed by atoms with Gasteiger partial charge in [-0.3, -0.25) is 4.79 Å². The van der Waals surface area contributed by atoms with Crippen LogP contribution in [0.4, 0.5) is 11.5 Å². The summed E-state index contributed by atoms with van der Waals surface area (Å²) in [6.07, 6.45) is 4.22. The number of anilines is 2. The van der Waals surface area contributed by atoms with E-state index in [2.05, 4.69) is 19.6 Å². The maximum atomic E-state index is 12.6. The van der Waals surface area contributed by atoms with Gasteiger partial charge in [-0.2, -0.15) is 0 Å². The number of amides is 1. The van der Waals surface area contributed by atoms with Gasteiger partial charge in [-0.1, -0.05) is 6.07 Å². The summed E-state index contributed by atoms with van der Waals surface area (Å²) in [6.45, 7) is 2.88. The topological polar surface area (TPSA) is 95.0 Å². The number of nitrogens with zero attached hydrogens (tertiary/aromatic N) is 4. The van der Waals surface area contributed by atoms with Crippen LogP contribution in [-0.4, -0.2) is 49.9 Å². The van der Waals surface area contributed by atoms with Gasteiger partial charge in [0.15, 0.2) is 5.17 Å². The summed E-state index contributed by atoms with van der Waals surface area (Å²) in [6, 6.07) is 9.40. The molecule has 0 atom stereocenters. The largest absolute Gasteiger partial charge is 0.357 e. The molecule has 1 N–H and O–H groups in total. The molecule has 0 spiro atoms. The maximum absolute atomic E-state index is 12.6. The number of amidine groups is 1. The van der Waals surface area contributed by atoms with Crippen LogP contribution in [0.2, 0.25) is 0 Å². The van der Waals surface area contributed by atoms with Gasteiger partial charge in [0.25, 0.3) is 15.9 Å². The molecule has 0 saturated carbocycles. The van der Waals surface area contributed by atoms with E-state index in [-0.39, 0.29) is 11.7 Å². The minimum absolute atomic E-state index is 0.00330. The maximum Gasteiger partial charge on any atom is 0.257 e. The van der Waals surface area contributed by atoms with Crippen LogP contribution in [0.3, 0.4) is 0 Å². The highest BCUT2D eigenvalue weighted by molar-refractivity contribution is 8.15. The fourth-order valence-corrected chi connectivity index (χ4v) is 6.11. The Hall–Kier alpha value is -2.59. The average Bonchev–Trinajstić information content (AvgIpc) is 3.38. The molecule has 2 aromatic rings. The molecule has 3 aliphatic heterocycles. The number of rotatable bonds is 4. The van der Waals surface area contributed by atoms with Gasteiger partial charge in [0, 0.05) is 42.8 Å². The molecule has 1 amide bonds. The van der Waals surface area contributed by atoms with Crippen LogP contribution in [0.25, 0.3) is 0 Å². The standard InChI is InChI=1S/C20H21N5O3S2/c26-19(22-13-14-3-6-18(21-12-14)24-7-1-2-8-24)15-4-5-16-17(11-15)29-20-23-30(27,28)10-9-25(16)20/h3-6,11-12H,1-2,7-10,13H2,(H,22,26). The van der Waals surface area contributed by atoms with Crippen molar-refractivity contribution in [1.82, 2.24) is 10.3 Å². The van der Waals surface area contributed by atoms with Crippen LogP contribution in [0.1, 0.15) is 28.8 Å². The molecule has 0 radical (unpaired) electrons. The number of sulfonamides is 1. The summed E-state index contributed by atoms with van der Waals surface area (Å²) in [5, 5.41) is 3.39. The molecule has 3 aliphatic rings. The molecule has 30 heavy (non-hydrogen) atoms. The van der Waals surface area contributed by atoms with E-state index in [1.807, 2.05) is 29.3 Å². The second kappa shape index (κ2) is 7.59. The van der Waals surface area contributed by atoms with Crippen molar-refractivity contribution in [1.29, 1.82) is 0 Å². The van der Waals surface area contributed by atoms with Gasteiger partial charge in [0.1, 0.15) is 5.82 Å². The van der Waals surface area contributed by atoms with E-state index < -0.39 is 10.0 Å². The zero-order chi connectivity index (χ0) is 20.7. The molecule has 10 heteroatoms. The summed E-state index contributed by atoms with van der Waals surface area (Å²) in [5.74, 6) is 0.810. The number of hydrogen-bond donors (Lipinski definition) is 1. The molecule has 0 unspecified atom stereocenters. The fraction of sp³-hybridized carbons (Fsp3) is 0.350. The second-order valence-electron chi connectivity index (χ2n) is 7.50. The number of carbonyl (C=O) groups is 1. The Morgan fingerprint density at radius 2 is 1.97 bits per heavy atom. The number of nitrogens with one attached hydrogen (secondary N) is 1. The summed E-state index contributed by atoms with van der Waals surface area (Å²) in [5.41, 5.74) is 2.37. The molecule has 0 bridgehead atoms. The third kappa shape index (κ3) is 3.77. The van der Waals surface area contributed by atoms with E-state index >= 15 is 0 Å². The Morgan fingerprint density at radius 1 is 1.13 bits per heavy atom. The Labute approximate surface area is 179 Å². The van der Waals surface area contributed by atoms with E-state index in [0.717, 1.165) is 35.1 Å². The lowest BCUT2D eigenvalue weighted by Crippen LogP contribution is -2.35. The van der Waals surface area contributed by atoms with Crippen LogP contribution in [0, 0.1) is 0 Å². The van der Waals surface area contributed by atoms with E-state index in [1.54, 1.807) is 12.1 Å². The molecule has 1 aromatic carbocycles. The Bertz CT molecular complexity index is 1130. The molecule has 1 aromatic heterocycles. The zero-order valence-corrected chi connectivity index (χ0v) is 17.9. The van der Waals surface area contributed by atoms with Crippen LogP contribution in [-0.2, 0) is 16.6 Å². The van der Waals surface area contributed by atoms with Crippen molar-refractivity contribution in [2.75, 3.05) is 35.2 Å². The molecule has 156 valence electrons. The first-order chi connectivity index (χ1) is 14.5. The molecule has 5 rings (SSSR count). The smallest absolute Gasteiger partial charge is 0.257 e. The van der Waals surface area contributed by atoms with Crippen LogP contribution < -0.4 is 15.1 Å². The van der Waals surface area contributed by atoms with Crippen LogP contribution >= 0.6 is 11.8 Å². The molecule has 0 aliphatic carbocycles. The third-order valence-electron chi connectivity index (χ3n) is 5.43. The van der Waals surface area contributed by atoms with Gasteiger partial charge in [-0.05, 0) is 54.4 Å². The van der Waals surface area contributed by atoms with Crippen molar-refractivity contribution >= 4 is 44.4 Å². The van der Waals surface area contributed by atoms with Gasteiger partial charge in [-0.15, -0.1) is 4.40 Å². The van der Waals surface area contributed by atoms with Crippen LogP contribution in [0.5, 0.6) is 0 Å². The summed E-state index contributed by atoms with van der Waals surface area (Å²) < 4.78 is 27.3. The van der Waals surface area contributed by atoms with Crippen molar-refractivity contribution in [3.8, 4) is 0 Å². The summed E-state index contributed by atoms with van der Waals surface area (Å²) >= 11 is 1.28. The number of pyridine rings is 1. The monoisotopic (exact) mass is 443 g/mol. The minimum atomic E-state index is -3.39. The molecule has 4 heterocycles. The number of thioether (sulfide) groups is 1. The predicted molar refractivity (Wildman–Crippen MR) is 118 cm³/mol. The normalized spacial score (nSPS) is 19.3. The second-order valence-corrected chi connectivity index (χ2v) is 10.3. The van der Waals surface area contributed by atoms with Crippen molar-refractivity contribution < 1.29 is 13.2 Å². The van der Waals surface area contributed by atoms with Crippen molar-refractivity contribution in [3.05, 3.63) is 47.7 Å². The molecule has 8 nitrogen and oxygen atoms in total. The number of fused-ring (bicyclic) bond motifs is 3. The first-order valence-electron chi connectivity index (χ1n) is 9.89. The van der Waals surface area contributed by atoms with E-state index in [0.29, 0.717) is 23.8 Å². The Morgan fingerprint density at radius 3 is 2.73 bits per heavy atom. The SMILES string of the molecule is O=C(NCc1ccc(N2CCCC2)nc1)c1ccc2c(c1)SC1=NS(=O)(=O)CCN12. The Balaban J connectivity index is 1.25. The summed E-state index contributed by atoms with van der Waals surface area (Å²) in [4.78, 5) is 22.1. The Kier molecular flexibility index (Phi) is 4.90. The first kappa shape index (κ1) is 19.4. The number of aromatic nitrogens is 1. The number of hydrogen-bond acceptors (Lipinski definition) is 7. The lowest BCUT2D eigenvalue weighted by Gasteiger charge is -2.22. The third-order valence-corrected chi connectivity index (χ3v) is 7.73. The summed E-state index contributed by atoms with van der Waals surface area (Å²) in [7, 11) is -3.39. The number of benzene rings is 1. The van der Waals surface area contributed by atoms with Crippen molar-refractivity contribution in [3.63, 3.8) is 0 Å². The van der Waals surface area contributed by atoms with Crippen molar-refractivity contribution in [2.45, 2.75) is 24.3 Å². The zero-order valence-electron chi connectivity index (χ0n) is 16.2. The quantitative estimate of drug-likeness (QED) is 0.774. The van der Waals surface area contributed by atoms with E-state index in [9.17, 15) is 13.2 Å². The lowest BCUT2D eigenvalue weighted by atomic mass is 10.1. The first-order valence-corrected chi connectivity index (χ1v) is 12.3. The van der Waals surface area contributed by atoms with Crippen molar-refractivity contribution in [2.24, 2.45) is 4.40 Å². The van der Waals surface area contributed by atoms with Gasteiger partial charge in [-0.25, -0.2) is 13.4 Å². The highest BCUT2D eigenvalue weighted by atomic mass is 32.2. The molecular formula is C20H21N5O3S2. The lowest BCUT2D eigenvalue weighted by molar-refractivity contribution is 0.0950. The van der Waals surface area contributed by atoms with Gasteiger partial charge in [0.2, 0.25) is 0 Å². The molecular weight excluding hydrogens is 422 g/mol. The van der Waals surface area contributed by atoms with E-state index in [1.165, 1.54) is 24.6 Å². The van der Waals surface area contributed by atoms with Crippen LogP contribution in [0.15, 0.2) is 45.8 Å². The van der Waals surface area contributed by atoms with Gasteiger partial charge >= 0.3 is 0 Å². The number of carbonyl (C=O) groups excluding carboxylic acids is 1. The highest BCUT2D eigenvalue weighted by Crippen LogP contribution is 2.42. The fourth-order valence-electron chi connectivity index (χ4n) is 3.81. The molecule has 1 saturated heterocycles. The highest BCUT2D eigenvalue weighted by Gasteiger charge is 2.33. The predicted octanol–water partition coefficient (Wildman–Crippen LogP) is 2.22. The minimum Gasteiger partial charge on any atom is -0.357 e. The molecule has 1 fully saturated rings. The average molecular weight is 444 g/mol. The van der Waals surface area contributed by atoms with Gasteiger partial charge in [0.05, 0.1) is 11.4 Å². The van der Waals surface area contributed by atoms with E-state index in [4.69, 9.17) is 0 Å².